The molecule has 0 radical (unpaired) electrons. The molecule has 0 aromatic carbocycles. The molecule has 1 saturated heterocycles. The van der Waals surface area contributed by atoms with E-state index in [1.54, 1.807) is 6.20 Å². The van der Waals surface area contributed by atoms with Gasteiger partial charge in [0.15, 0.2) is 5.82 Å². The molecular weight excluding hydrogens is 247 g/mol. The lowest BCUT2D eigenvalue weighted by molar-refractivity contribution is 0.500. The molecule has 2 aromatic rings. The van der Waals surface area contributed by atoms with Crippen molar-refractivity contribution in [3.63, 3.8) is 0 Å². The predicted octanol–water partition coefficient (Wildman–Crippen LogP) is 0.933. The summed E-state index contributed by atoms with van der Waals surface area (Å²) in [7, 11) is 0. The SMILES string of the molecule is NC1CCCN(c2n[nH]c(-c3cncc(F)c3)n2)C1. The van der Waals surface area contributed by atoms with Crippen molar-refractivity contribution in [1.29, 1.82) is 0 Å². The van der Waals surface area contributed by atoms with Gasteiger partial charge < -0.3 is 10.6 Å². The largest absolute Gasteiger partial charge is 0.338 e. The number of hydrogen-bond donors (Lipinski definition) is 2. The van der Waals surface area contributed by atoms with Gasteiger partial charge in [-0.3, -0.25) is 10.1 Å². The van der Waals surface area contributed by atoms with Crippen molar-refractivity contribution in [2.45, 2.75) is 18.9 Å². The number of aromatic amines is 1. The van der Waals surface area contributed by atoms with Crippen LogP contribution in [0.4, 0.5) is 10.3 Å². The molecule has 1 atom stereocenters. The van der Waals surface area contributed by atoms with Crippen LogP contribution in [-0.2, 0) is 0 Å². The lowest BCUT2D eigenvalue weighted by Gasteiger charge is -2.29. The number of rotatable bonds is 2. The number of pyridine rings is 1. The number of hydrogen-bond acceptors (Lipinski definition) is 5. The van der Waals surface area contributed by atoms with Crippen LogP contribution in [0.1, 0.15) is 12.8 Å². The fourth-order valence-corrected chi connectivity index (χ4v) is 2.26. The molecule has 19 heavy (non-hydrogen) atoms. The van der Waals surface area contributed by atoms with Crippen molar-refractivity contribution in [1.82, 2.24) is 20.2 Å². The van der Waals surface area contributed by atoms with Gasteiger partial charge in [0.1, 0.15) is 5.82 Å². The molecule has 2 aromatic heterocycles. The van der Waals surface area contributed by atoms with Crippen LogP contribution >= 0.6 is 0 Å². The lowest BCUT2D eigenvalue weighted by Crippen LogP contribution is -2.43. The molecule has 0 amide bonds. The maximum Gasteiger partial charge on any atom is 0.245 e. The molecule has 1 aliphatic rings. The maximum absolute atomic E-state index is 13.1. The summed E-state index contributed by atoms with van der Waals surface area (Å²) in [6.45, 7) is 1.64. The van der Waals surface area contributed by atoms with Crippen LogP contribution < -0.4 is 10.6 Å². The summed E-state index contributed by atoms with van der Waals surface area (Å²) in [5.74, 6) is 0.728. The number of nitrogens with two attached hydrogens (primary N) is 1. The third kappa shape index (κ3) is 2.55. The Labute approximate surface area is 109 Å². The average Bonchev–Trinajstić information content (AvgIpc) is 2.88. The van der Waals surface area contributed by atoms with E-state index in [-0.39, 0.29) is 6.04 Å². The third-order valence-electron chi connectivity index (χ3n) is 3.19. The summed E-state index contributed by atoms with van der Waals surface area (Å²) in [4.78, 5) is 10.2. The fourth-order valence-electron chi connectivity index (χ4n) is 2.26. The van der Waals surface area contributed by atoms with E-state index in [1.807, 2.05) is 4.90 Å². The molecule has 3 rings (SSSR count). The Kier molecular flexibility index (Phi) is 3.12. The molecule has 1 unspecified atom stereocenters. The van der Waals surface area contributed by atoms with Crippen molar-refractivity contribution in [3.05, 3.63) is 24.3 Å². The van der Waals surface area contributed by atoms with Gasteiger partial charge in [-0.05, 0) is 18.9 Å². The van der Waals surface area contributed by atoms with Gasteiger partial charge in [0.25, 0.3) is 0 Å². The zero-order valence-electron chi connectivity index (χ0n) is 10.4. The molecule has 0 bridgehead atoms. The zero-order valence-corrected chi connectivity index (χ0v) is 10.4. The number of halogens is 1. The number of nitrogens with zero attached hydrogens (tertiary/aromatic N) is 4. The highest BCUT2D eigenvalue weighted by atomic mass is 19.1. The molecule has 0 aliphatic carbocycles. The van der Waals surface area contributed by atoms with Crippen molar-refractivity contribution in [2.75, 3.05) is 18.0 Å². The standard InChI is InChI=1S/C12H15FN6/c13-9-4-8(5-15-6-9)11-16-12(18-17-11)19-3-1-2-10(14)7-19/h4-6,10H,1-3,7,14H2,(H,16,17,18). The highest BCUT2D eigenvalue weighted by Crippen LogP contribution is 2.19. The topological polar surface area (TPSA) is 83.7 Å². The number of anilines is 1. The van der Waals surface area contributed by atoms with Gasteiger partial charge >= 0.3 is 0 Å². The van der Waals surface area contributed by atoms with E-state index in [4.69, 9.17) is 5.73 Å². The van der Waals surface area contributed by atoms with Crippen LogP contribution in [-0.4, -0.2) is 39.3 Å². The van der Waals surface area contributed by atoms with Crippen LogP contribution in [0, 0.1) is 5.82 Å². The lowest BCUT2D eigenvalue weighted by atomic mass is 10.1. The molecule has 0 saturated carbocycles. The van der Waals surface area contributed by atoms with Gasteiger partial charge in [-0.25, -0.2) is 4.39 Å². The zero-order chi connectivity index (χ0) is 13.2. The Bertz CT molecular complexity index is 569. The Morgan fingerprint density at radius 2 is 2.32 bits per heavy atom. The van der Waals surface area contributed by atoms with Gasteiger partial charge in [0, 0.05) is 30.9 Å². The molecule has 1 aliphatic heterocycles. The summed E-state index contributed by atoms with van der Waals surface area (Å²) >= 11 is 0. The monoisotopic (exact) mass is 262 g/mol. The first-order valence-corrected chi connectivity index (χ1v) is 6.26. The first-order valence-electron chi connectivity index (χ1n) is 6.26. The minimum Gasteiger partial charge on any atom is -0.338 e. The van der Waals surface area contributed by atoms with E-state index < -0.39 is 5.82 Å². The van der Waals surface area contributed by atoms with Crippen molar-refractivity contribution in [2.24, 2.45) is 5.73 Å². The molecule has 6 nitrogen and oxygen atoms in total. The maximum atomic E-state index is 13.1. The van der Waals surface area contributed by atoms with E-state index in [0.29, 0.717) is 17.3 Å². The summed E-state index contributed by atoms with van der Waals surface area (Å²) in [5, 5.41) is 6.98. The number of piperidine rings is 1. The Morgan fingerprint density at radius 3 is 3.11 bits per heavy atom. The van der Waals surface area contributed by atoms with Crippen molar-refractivity contribution < 1.29 is 4.39 Å². The van der Waals surface area contributed by atoms with Crippen LogP contribution in [0.25, 0.3) is 11.4 Å². The van der Waals surface area contributed by atoms with E-state index in [9.17, 15) is 4.39 Å². The van der Waals surface area contributed by atoms with Gasteiger partial charge in [-0.15, -0.1) is 5.10 Å². The number of nitrogens with one attached hydrogen (secondary N) is 1. The van der Waals surface area contributed by atoms with Crippen LogP contribution in [0.15, 0.2) is 18.5 Å². The molecule has 0 spiro atoms. The van der Waals surface area contributed by atoms with Crippen LogP contribution in [0.2, 0.25) is 0 Å². The molecular formula is C12H15FN6. The molecule has 3 heterocycles. The van der Waals surface area contributed by atoms with Crippen LogP contribution in [0.5, 0.6) is 0 Å². The molecule has 100 valence electrons. The molecule has 7 heteroatoms. The number of aromatic nitrogens is 4. The third-order valence-corrected chi connectivity index (χ3v) is 3.19. The smallest absolute Gasteiger partial charge is 0.245 e. The molecule has 3 N–H and O–H groups in total. The minimum atomic E-state index is -0.393. The first kappa shape index (κ1) is 12.0. The second kappa shape index (κ2) is 4.93. The van der Waals surface area contributed by atoms with Gasteiger partial charge in [0.2, 0.25) is 5.95 Å². The second-order valence-corrected chi connectivity index (χ2v) is 4.72. The summed E-state index contributed by atoms with van der Waals surface area (Å²) < 4.78 is 13.1. The van der Waals surface area contributed by atoms with E-state index in [2.05, 4.69) is 20.2 Å². The van der Waals surface area contributed by atoms with Crippen molar-refractivity contribution in [3.8, 4) is 11.4 Å². The normalized spacial score (nSPS) is 19.7. The van der Waals surface area contributed by atoms with Crippen LogP contribution in [0.3, 0.4) is 0 Å². The van der Waals surface area contributed by atoms with Crippen molar-refractivity contribution >= 4 is 5.95 Å². The quantitative estimate of drug-likeness (QED) is 0.841. The first-order chi connectivity index (χ1) is 9.22. The van der Waals surface area contributed by atoms with Gasteiger partial charge in [-0.1, -0.05) is 0 Å². The van der Waals surface area contributed by atoms with Gasteiger partial charge in [0.05, 0.1) is 6.20 Å². The highest BCUT2D eigenvalue weighted by molar-refractivity contribution is 5.54. The highest BCUT2D eigenvalue weighted by Gasteiger charge is 2.20. The molecule has 1 fully saturated rings. The van der Waals surface area contributed by atoms with E-state index in [0.717, 1.165) is 32.1 Å². The predicted molar refractivity (Wildman–Crippen MR) is 69.0 cm³/mol. The van der Waals surface area contributed by atoms with E-state index >= 15 is 0 Å². The Morgan fingerprint density at radius 1 is 1.42 bits per heavy atom. The average molecular weight is 262 g/mol. The summed E-state index contributed by atoms with van der Waals surface area (Å²) in [5.41, 5.74) is 6.52. The summed E-state index contributed by atoms with van der Waals surface area (Å²) in [6.07, 6.45) is 4.77. The van der Waals surface area contributed by atoms with Gasteiger partial charge in [-0.2, -0.15) is 4.98 Å². The Hall–Kier alpha value is -2.02. The minimum absolute atomic E-state index is 0.159. The fraction of sp³-hybridized carbons (Fsp3) is 0.417. The number of H-pyrrole nitrogens is 1. The van der Waals surface area contributed by atoms with E-state index in [1.165, 1.54) is 6.07 Å². The summed E-state index contributed by atoms with van der Waals surface area (Å²) in [6, 6.07) is 1.53. The Balaban J connectivity index is 1.83. The second-order valence-electron chi connectivity index (χ2n) is 4.72.